The number of nitrogens with zero attached hydrogens (tertiary/aromatic N) is 6. The van der Waals surface area contributed by atoms with Crippen molar-refractivity contribution in [2.75, 3.05) is 38.7 Å². The number of likely N-dealkylation sites (N-methyl/N-ethyl adjacent to an activating group) is 1. The van der Waals surface area contributed by atoms with Crippen LogP contribution in [0.1, 0.15) is 68.4 Å². The molecule has 1 aliphatic rings. The molecule has 3 aromatic heterocycles. The molecule has 282 valence electrons. The van der Waals surface area contributed by atoms with Gasteiger partial charge >= 0.3 is 5.97 Å². The van der Waals surface area contributed by atoms with Crippen LogP contribution in [0.15, 0.2) is 48.5 Å². The Morgan fingerprint density at radius 3 is 2.37 bits per heavy atom. The zero-order valence-electron chi connectivity index (χ0n) is 32.0. The average molecular weight is 770 g/mol. The van der Waals surface area contributed by atoms with Crippen molar-refractivity contribution in [2.45, 2.75) is 60.0 Å². The van der Waals surface area contributed by atoms with Crippen molar-refractivity contribution in [2.24, 2.45) is 7.05 Å². The highest BCUT2D eigenvalue weighted by Crippen LogP contribution is 2.46. The summed E-state index contributed by atoms with van der Waals surface area (Å²) in [5, 5.41) is 18.5. The Morgan fingerprint density at radius 1 is 1.02 bits per heavy atom. The van der Waals surface area contributed by atoms with Crippen molar-refractivity contribution in [3.8, 4) is 16.9 Å². The Bertz CT molecular complexity index is 2450. The molecule has 0 radical (unpaired) electrons. The molecule has 7 rings (SSSR count). The van der Waals surface area contributed by atoms with E-state index in [4.69, 9.17) is 33.0 Å². The molecule has 1 aliphatic heterocycles. The number of fused-ring (bicyclic) bond motifs is 4. The van der Waals surface area contributed by atoms with E-state index in [1.807, 2.05) is 112 Å². The van der Waals surface area contributed by atoms with Gasteiger partial charge < -0.3 is 28.8 Å². The van der Waals surface area contributed by atoms with Crippen LogP contribution >= 0.6 is 23.2 Å². The first kappa shape index (κ1) is 37.5. The predicted molar refractivity (Wildman–Crippen MR) is 217 cm³/mol. The molecule has 0 bridgehead atoms. The van der Waals surface area contributed by atoms with Crippen LogP contribution in [-0.4, -0.2) is 74.6 Å². The Hall–Kier alpha value is -4.77. The summed E-state index contributed by atoms with van der Waals surface area (Å²) >= 11 is 13.5. The molecule has 0 saturated carbocycles. The number of para-hydroxylation sites is 1. The molecule has 3 aromatic carbocycles. The molecule has 54 heavy (non-hydrogen) atoms. The van der Waals surface area contributed by atoms with Gasteiger partial charge in [0.2, 0.25) is 0 Å². The number of carboxylic acids is 1. The van der Waals surface area contributed by atoms with Gasteiger partial charge in [-0.2, -0.15) is 5.10 Å². The monoisotopic (exact) mass is 768 g/mol. The van der Waals surface area contributed by atoms with Gasteiger partial charge in [0, 0.05) is 65.3 Å². The zero-order valence-corrected chi connectivity index (χ0v) is 33.6. The molecule has 0 aliphatic carbocycles. The number of carbonyl (C=O) groups is 2. The van der Waals surface area contributed by atoms with Crippen LogP contribution in [0.4, 0.5) is 5.69 Å². The van der Waals surface area contributed by atoms with Crippen LogP contribution in [-0.2, 0) is 20.0 Å². The molecule has 1 N–H and O–H groups in total. The third-order valence-electron chi connectivity index (χ3n) is 10.8. The normalized spacial score (nSPS) is 14.5. The third kappa shape index (κ3) is 6.24. The number of anilines is 1. The van der Waals surface area contributed by atoms with Crippen LogP contribution in [0.5, 0.6) is 5.75 Å². The second-order valence-electron chi connectivity index (χ2n) is 14.7. The van der Waals surface area contributed by atoms with Crippen LogP contribution in [0.3, 0.4) is 0 Å². The van der Waals surface area contributed by atoms with Crippen molar-refractivity contribution in [3.05, 3.63) is 98.0 Å². The molecule has 6 aromatic rings. The topological polar surface area (TPSA) is 97.8 Å². The molecular formula is C42H46Cl2N6O4. The number of ether oxygens (including phenoxy) is 1. The second kappa shape index (κ2) is 14.5. The van der Waals surface area contributed by atoms with E-state index in [-0.39, 0.29) is 24.2 Å². The fraction of sp³-hybridized carbons (Fsp3) is 0.357. The number of hydrogen-bond donors (Lipinski definition) is 1. The van der Waals surface area contributed by atoms with E-state index >= 15 is 4.79 Å². The van der Waals surface area contributed by atoms with E-state index in [9.17, 15) is 9.90 Å². The maximum absolute atomic E-state index is 15.3. The number of aryl methyl sites for hydroxylation is 5. The summed E-state index contributed by atoms with van der Waals surface area (Å²) in [6, 6.07) is 15.2. The van der Waals surface area contributed by atoms with Crippen molar-refractivity contribution < 1.29 is 19.4 Å². The van der Waals surface area contributed by atoms with Crippen molar-refractivity contribution >= 4 is 62.6 Å². The lowest BCUT2D eigenvalue weighted by Crippen LogP contribution is -2.43. The minimum Gasteiger partial charge on any atom is -0.494 e. The quantitative estimate of drug-likeness (QED) is 0.132. The van der Waals surface area contributed by atoms with Gasteiger partial charge in [-0.3, -0.25) is 9.48 Å². The minimum atomic E-state index is -1.08. The van der Waals surface area contributed by atoms with E-state index in [0.717, 1.165) is 71.8 Å². The SMILES string of the molecule is Cc1cc(OCCCc2c3n(c4c(-c5c(C)nn(C)c5C)c(Cl)ccc24)[C@H](C)CN(c2c(C(=O)O)n(CCN(C)C)c4ccccc24)C3=O)cc(C)c1Cl. The number of aromatic nitrogens is 4. The second-order valence-corrected chi connectivity index (χ2v) is 15.5. The molecule has 10 nitrogen and oxygen atoms in total. The lowest BCUT2D eigenvalue weighted by molar-refractivity contribution is 0.0685. The van der Waals surface area contributed by atoms with Gasteiger partial charge in [-0.25, -0.2) is 4.79 Å². The standard InChI is InChI=1S/C42H46Cl2N6O4/c1-23-20-28(21-24(2)36(23)44)54-19-11-13-29-30-15-16-32(43)35(34-26(4)45-47(8)27(34)5)37(30)50-25(3)22-49(41(51)39(29)50)38-31-12-9-10-14-33(31)48(18-17-46(6)7)40(38)42(52)53/h9-10,12,14-16,20-21,25H,11,13,17-19,22H2,1-8H3,(H,52,53)/t25-/m1/s1. The van der Waals surface area contributed by atoms with Gasteiger partial charge in [0.15, 0.2) is 5.69 Å². The van der Waals surface area contributed by atoms with Crippen LogP contribution in [0.25, 0.3) is 32.9 Å². The van der Waals surface area contributed by atoms with Crippen LogP contribution in [0.2, 0.25) is 10.0 Å². The molecule has 0 unspecified atom stereocenters. The number of amides is 1. The average Bonchev–Trinajstić information content (AvgIpc) is 3.72. The number of carboxylic acid groups (broad SMARTS) is 1. The van der Waals surface area contributed by atoms with Gasteiger partial charge in [-0.05, 0) is 103 Å². The summed E-state index contributed by atoms with van der Waals surface area (Å²) in [5.41, 5.74) is 9.09. The molecule has 12 heteroatoms. The number of hydrogen-bond acceptors (Lipinski definition) is 5. The smallest absolute Gasteiger partial charge is 0.354 e. The highest BCUT2D eigenvalue weighted by atomic mass is 35.5. The predicted octanol–water partition coefficient (Wildman–Crippen LogP) is 9.03. The van der Waals surface area contributed by atoms with E-state index in [1.165, 1.54) is 0 Å². The Balaban J connectivity index is 1.40. The number of carbonyl (C=O) groups excluding carboxylic acids is 1. The summed E-state index contributed by atoms with van der Waals surface area (Å²) in [7, 11) is 5.84. The van der Waals surface area contributed by atoms with E-state index in [0.29, 0.717) is 48.9 Å². The summed E-state index contributed by atoms with van der Waals surface area (Å²) in [4.78, 5) is 32.2. The van der Waals surface area contributed by atoms with Gasteiger partial charge in [-0.1, -0.05) is 47.5 Å². The summed E-state index contributed by atoms with van der Waals surface area (Å²) in [6.45, 7) is 11.8. The van der Waals surface area contributed by atoms with Crippen molar-refractivity contribution in [1.29, 1.82) is 0 Å². The van der Waals surface area contributed by atoms with Crippen LogP contribution < -0.4 is 9.64 Å². The Labute approximate surface area is 325 Å². The van der Waals surface area contributed by atoms with Gasteiger partial charge in [0.25, 0.3) is 5.91 Å². The Kier molecular flexibility index (Phi) is 10.1. The minimum absolute atomic E-state index is 0.108. The molecular weight excluding hydrogens is 723 g/mol. The van der Waals surface area contributed by atoms with Crippen molar-refractivity contribution in [1.82, 2.24) is 23.8 Å². The van der Waals surface area contributed by atoms with Gasteiger partial charge in [0.1, 0.15) is 11.4 Å². The van der Waals surface area contributed by atoms with Gasteiger partial charge in [0.05, 0.1) is 34.0 Å². The number of rotatable bonds is 11. The Morgan fingerprint density at radius 2 is 1.72 bits per heavy atom. The molecule has 1 atom stereocenters. The van der Waals surface area contributed by atoms with Gasteiger partial charge in [-0.15, -0.1) is 0 Å². The maximum atomic E-state index is 15.3. The highest BCUT2D eigenvalue weighted by molar-refractivity contribution is 6.35. The molecule has 4 heterocycles. The first-order valence-electron chi connectivity index (χ1n) is 18.3. The third-order valence-corrected chi connectivity index (χ3v) is 11.7. The maximum Gasteiger partial charge on any atom is 0.354 e. The highest BCUT2D eigenvalue weighted by Gasteiger charge is 2.40. The lowest BCUT2D eigenvalue weighted by atomic mass is 9.98. The van der Waals surface area contributed by atoms with E-state index in [1.54, 1.807) is 4.90 Å². The molecule has 0 spiro atoms. The number of halogens is 2. The zero-order chi connectivity index (χ0) is 38.7. The van der Waals surface area contributed by atoms with E-state index in [2.05, 4.69) is 11.5 Å². The molecule has 0 fully saturated rings. The number of aromatic carboxylic acids is 1. The molecule has 1 amide bonds. The molecule has 0 saturated heterocycles. The lowest BCUT2D eigenvalue weighted by Gasteiger charge is -2.34. The summed E-state index contributed by atoms with van der Waals surface area (Å²) < 4.78 is 12.1. The summed E-state index contributed by atoms with van der Waals surface area (Å²) in [6.07, 6.45) is 1.17. The summed E-state index contributed by atoms with van der Waals surface area (Å²) in [5.74, 6) is -0.574. The first-order valence-corrected chi connectivity index (χ1v) is 19.0. The van der Waals surface area contributed by atoms with Crippen molar-refractivity contribution in [3.63, 3.8) is 0 Å². The largest absolute Gasteiger partial charge is 0.494 e. The fourth-order valence-electron chi connectivity index (χ4n) is 8.23. The first-order chi connectivity index (χ1) is 25.7. The number of benzene rings is 3. The fourth-order valence-corrected chi connectivity index (χ4v) is 8.59. The van der Waals surface area contributed by atoms with Crippen LogP contribution in [0, 0.1) is 27.7 Å². The van der Waals surface area contributed by atoms with E-state index < -0.39 is 5.97 Å².